The van der Waals surface area contributed by atoms with Gasteiger partial charge in [0.15, 0.2) is 5.11 Å². The van der Waals surface area contributed by atoms with Crippen LogP contribution in [0.4, 0.5) is 11.4 Å². The Hall–Kier alpha value is -1.62. The Balaban J connectivity index is 1.56. The summed E-state index contributed by atoms with van der Waals surface area (Å²) >= 11 is 5.49. The molecule has 1 aliphatic heterocycles. The molecule has 1 saturated heterocycles. The number of anilines is 2. The lowest BCUT2D eigenvalue weighted by Crippen LogP contribution is -2.38. The molecule has 1 saturated carbocycles. The molecule has 1 heterocycles. The molecule has 1 aromatic carbocycles. The van der Waals surface area contributed by atoms with Gasteiger partial charge < -0.3 is 15.5 Å². The summed E-state index contributed by atoms with van der Waals surface area (Å²) in [5.41, 5.74) is 1.90. The molecule has 1 amide bonds. The second-order valence-electron chi connectivity index (χ2n) is 6.84. The van der Waals surface area contributed by atoms with E-state index >= 15 is 0 Å². The summed E-state index contributed by atoms with van der Waals surface area (Å²) in [7, 11) is 0. The highest BCUT2D eigenvalue weighted by molar-refractivity contribution is 7.80. The van der Waals surface area contributed by atoms with Gasteiger partial charge in [0.1, 0.15) is 0 Å². The maximum absolute atomic E-state index is 11.9. The smallest absolute Gasteiger partial charge is 0.227 e. The molecular formula is C19H27N3OS. The lowest BCUT2D eigenvalue weighted by Gasteiger charge is -2.23. The third-order valence-corrected chi connectivity index (χ3v) is 5.15. The third kappa shape index (κ3) is 4.69. The molecule has 5 heteroatoms. The van der Waals surface area contributed by atoms with Crippen LogP contribution in [0.5, 0.6) is 0 Å². The van der Waals surface area contributed by atoms with Crippen LogP contribution in [0.3, 0.4) is 0 Å². The highest BCUT2D eigenvalue weighted by Crippen LogP contribution is 2.24. The van der Waals surface area contributed by atoms with E-state index in [1.807, 2.05) is 29.2 Å². The van der Waals surface area contributed by atoms with E-state index in [9.17, 15) is 4.79 Å². The van der Waals surface area contributed by atoms with Crippen LogP contribution in [0, 0.1) is 0 Å². The number of carbonyl (C=O) groups excluding carboxylic acids is 1. The number of carbonyl (C=O) groups is 1. The topological polar surface area (TPSA) is 44.4 Å². The molecule has 0 unspecified atom stereocenters. The lowest BCUT2D eigenvalue weighted by atomic mass is 9.97. The van der Waals surface area contributed by atoms with Crippen molar-refractivity contribution >= 4 is 34.6 Å². The summed E-state index contributed by atoms with van der Waals surface area (Å²) in [5.74, 6) is 0.211. The molecule has 0 spiro atoms. The quantitative estimate of drug-likeness (QED) is 0.806. The molecule has 24 heavy (non-hydrogen) atoms. The van der Waals surface area contributed by atoms with Crippen LogP contribution in [0.15, 0.2) is 24.3 Å². The zero-order chi connectivity index (χ0) is 16.8. The van der Waals surface area contributed by atoms with Gasteiger partial charge >= 0.3 is 0 Å². The van der Waals surface area contributed by atoms with E-state index in [0.717, 1.165) is 24.3 Å². The average molecular weight is 346 g/mol. The van der Waals surface area contributed by atoms with Crippen LogP contribution in [0.2, 0.25) is 0 Å². The zero-order valence-electron chi connectivity index (χ0n) is 14.2. The molecule has 3 rings (SSSR count). The van der Waals surface area contributed by atoms with Gasteiger partial charge in [0.05, 0.1) is 0 Å². The van der Waals surface area contributed by atoms with Crippen molar-refractivity contribution < 1.29 is 4.79 Å². The molecule has 1 aromatic rings. The minimum absolute atomic E-state index is 0.211. The highest BCUT2D eigenvalue weighted by atomic mass is 32.1. The molecule has 0 aromatic heterocycles. The van der Waals surface area contributed by atoms with Gasteiger partial charge in [0, 0.05) is 30.4 Å². The maximum Gasteiger partial charge on any atom is 0.227 e. The minimum atomic E-state index is 0.211. The van der Waals surface area contributed by atoms with Crippen LogP contribution >= 0.6 is 12.2 Å². The standard InChI is InChI=1S/C19H27N3OS/c23-18-12-7-13-22(18)17-11-6-10-16(14-17)21-19(24)20-15-8-4-2-1-3-5-9-15/h6,10-11,14-15H,1-5,7-9,12-13H2,(H2,20,21,24). The predicted octanol–water partition coefficient (Wildman–Crippen LogP) is 4.21. The molecule has 130 valence electrons. The number of nitrogens with one attached hydrogen (secondary N) is 2. The molecule has 2 fully saturated rings. The zero-order valence-corrected chi connectivity index (χ0v) is 15.0. The molecule has 2 aliphatic rings. The summed E-state index contributed by atoms with van der Waals surface area (Å²) in [6.07, 6.45) is 10.6. The van der Waals surface area contributed by atoms with Crippen molar-refractivity contribution in [2.45, 2.75) is 63.8 Å². The average Bonchev–Trinajstić information content (AvgIpc) is 2.96. The van der Waals surface area contributed by atoms with Crippen molar-refractivity contribution in [3.63, 3.8) is 0 Å². The predicted molar refractivity (Wildman–Crippen MR) is 103 cm³/mol. The van der Waals surface area contributed by atoms with Crippen LogP contribution in [0.25, 0.3) is 0 Å². The van der Waals surface area contributed by atoms with E-state index in [1.165, 1.54) is 44.9 Å². The Labute approximate surface area is 150 Å². The van der Waals surface area contributed by atoms with Crippen molar-refractivity contribution in [3.8, 4) is 0 Å². The SMILES string of the molecule is O=C1CCCN1c1cccc(NC(=S)NC2CCCCCCC2)c1. The minimum Gasteiger partial charge on any atom is -0.360 e. The van der Waals surface area contributed by atoms with Gasteiger partial charge in [0.25, 0.3) is 0 Å². The van der Waals surface area contributed by atoms with E-state index in [4.69, 9.17) is 12.2 Å². The van der Waals surface area contributed by atoms with Crippen molar-refractivity contribution in [3.05, 3.63) is 24.3 Å². The second-order valence-corrected chi connectivity index (χ2v) is 7.25. The fourth-order valence-electron chi connectivity index (χ4n) is 3.63. The molecule has 0 atom stereocenters. The largest absolute Gasteiger partial charge is 0.360 e. The first-order chi connectivity index (χ1) is 11.7. The summed E-state index contributed by atoms with van der Waals surface area (Å²) in [4.78, 5) is 13.8. The monoisotopic (exact) mass is 345 g/mol. The van der Waals surface area contributed by atoms with Crippen molar-refractivity contribution in [1.82, 2.24) is 5.32 Å². The second kappa shape index (κ2) is 8.47. The molecule has 0 bridgehead atoms. The third-order valence-electron chi connectivity index (χ3n) is 4.93. The summed E-state index contributed by atoms with van der Waals surface area (Å²) in [6.45, 7) is 0.813. The van der Waals surface area contributed by atoms with Crippen molar-refractivity contribution in [1.29, 1.82) is 0 Å². The van der Waals surface area contributed by atoms with Gasteiger partial charge in [-0.15, -0.1) is 0 Å². The summed E-state index contributed by atoms with van der Waals surface area (Å²) < 4.78 is 0. The van der Waals surface area contributed by atoms with E-state index in [-0.39, 0.29) is 5.91 Å². The Kier molecular flexibility index (Phi) is 6.07. The Morgan fingerprint density at radius 2 is 1.83 bits per heavy atom. The lowest BCUT2D eigenvalue weighted by molar-refractivity contribution is -0.117. The van der Waals surface area contributed by atoms with E-state index in [2.05, 4.69) is 10.6 Å². The fraction of sp³-hybridized carbons (Fsp3) is 0.579. The number of thiocarbonyl (C=S) groups is 1. The Morgan fingerprint density at radius 1 is 1.08 bits per heavy atom. The Morgan fingerprint density at radius 3 is 2.54 bits per heavy atom. The number of hydrogen-bond acceptors (Lipinski definition) is 2. The van der Waals surface area contributed by atoms with Gasteiger partial charge in [-0.05, 0) is 49.7 Å². The molecule has 2 N–H and O–H groups in total. The van der Waals surface area contributed by atoms with Crippen LogP contribution in [-0.4, -0.2) is 23.6 Å². The van der Waals surface area contributed by atoms with Crippen LogP contribution < -0.4 is 15.5 Å². The van der Waals surface area contributed by atoms with E-state index < -0.39 is 0 Å². The number of rotatable bonds is 3. The normalized spacial score (nSPS) is 19.7. The Bertz CT molecular complexity index is 582. The molecule has 1 aliphatic carbocycles. The highest BCUT2D eigenvalue weighted by Gasteiger charge is 2.21. The van der Waals surface area contributed by atoms with Crippen LogP contribution in [0.1, 0.15) is 57.8 Å². The summed E-state index contributed by atoms with van der Waals surface area (Å²) in [5, 5.41) is 7.44. The van der Waals surface area contributed by atoms with E-state index in [0.29, 0.717) is 17.6 Å². The van der Waals surface area contributed by atoms with Gasteiger partial charge in [0.2, 0.25) is 5.91 Å². The van der Waals surface area contributed by atoms with Gasteiger partial charge in [-0.25, -0.2) is 0 Å². The first kappa shape index (κ1) is 17.2. The molecular weight excluding hydrogens is 318 g/mol. The molecule has 0 radical (unpaired) electrons. The van der Waals surface area contributed by atoms with Gasteiger partial charge in [-0.1, -0.05) is 38.2 Å². The number of nitrogens with zero attached hydrogens (tertiary/aromatic N) is 1. The van der Waals surface area contributed by atoms with Crippen molar-refractivity contribution in [2.75, 3.05) is 16.8 Å². The maximum atomic E-state index is 11.9. The number of benzene rings is 1. The fourth-order valence-corrected chi connectivity index (χ4v) is 3.91. The van der Waals surface area contributed by atoms with Gasteiger partial charge in [-0.3, -0.25) is 4.79 Å². The van der Waals surface area contributed by atoms with Crippen LogP contribution in [-0.2, 0) is 4.79 Å². The molecule has 4 nitrogen and oxygen atoms in total. The first-order valence-corrected chi connectivity index (χ1v) is 9.61. The number of amides is 1. The first-order valence-electron chi connectivity index (χ1n) is 9.20. The summed E-state index contributed by atoms with van der Waals surface area (Å²) in [6, 6.07) is 8.45. The van der Waals surface area contributed by atoms with E-state index in [1.54, 1.807) is 0 Å². The number of hydrogen-bond donors (Lipinski definition) is 2. The van der Waals surface area contributed by atoms with Gasteiger partial charge in [-0.2, -0.15) is 0 Å². The van der Waals surface area contributed by atoms with Crippen molar-refractivity contribution in [2.24, 2.45) is 0 Å².